The van der Waals surface area contributed by atoms with Crippen LogP contribution in [0.15, 0.2) is 34.9 Å². The van der Waals surface area contributed by atoms with Crippen molar-refractivity contribution < 1.29 is 12.8 Å². The Morgan fingerprint density at radius 3 is 2.52 bits per heavy atom. The lowest BCUT2D eigenvalue weighted by Crippen LogP contribution is -2.42. The maximum absolute atomic E-state index is 12.0. The van der Waals surface area contributed by atoms with Crippen molar-refractivity contribution >= 4 is 10.2 Å². The van der Waals surface area contributed by atoms with Crippen LogP contribution in [0.2, 0.25) is 0 Å². The normalized spacial score (nSPS) is 12.3. The van der Waals surface area contributed by atoms with Gasteiger partial charge >= 0.3 is 0 Å². The van der Waals surface area contributed by atoms with E-state index in [0.717, 1.165) is 11.3 Å². The lowest BCUT2D eigenvalue weighted by Gasteiger charge is -2.20. The van der Waals surface area contributed by atoms with Gasteiger partial charge in [-0.15, -0.1) is 0 Å². The molecular formula is C16H23N3O3S. The summed E-state index contributed by atoms with van der Waals surface area (Å²) < 4.78 is 33.3. The molecule has 0 bridgehead atoms. The van der Waals surface area contributed by atoms with E-state index in [1.807, 2.05) is 45.0 Å². The van der Waals surface area contributed by atoms with Crippen molar-refractivity contribution in [2.45, 2.75) is 33.2 Å². The maximum Gasteiger partial charge on any atom is 0.279 e. The molecule has 0 aliphatic rings. The van der Waals surface area contributed by atoms with Crippen molar-refractivity contribution in [1.82, 2.24) is 14.0 Å². The summed E-state index contributed by atoms with van der Waals surface area (Å²) in [6.45, 7) is 5.94. The van der Waals surface area contributed by atoms with Gasteiger partial charge in [-0.05, 0) is 32.9 Å². The summed E-state index contributed by atoms with van der Waals surface area (Å²) in [5.41, 5.74) is 2.79. The van der Waals surface area contributed by atoms with Crippen LogP contribution in [0.25, 0.3) is 11.5 Å². The number of hydrogen-bond acceptors (Lipinski definition) is 4. The Morgan fingerprint density at radius 1 is 1.26 bits per heavy atom. The molecule has 7 heteroatoms. The highest BCUT2D eigenvalue weighted by Crippen LogP contribution is 2.19. The standard InChI is InChI=1S/C16H23N3O3S/c1-12(2)19(4)23(20,21)17-10-9-15-11-22-16(18-15)14-7-5-13(3)6-8-14/h5-8,11-12,17H,9-10H2,1-4H3. The van der Waals surface area contributed by atoms with E-state index in [-0.39, 0.29) is 12.6 Å². The number of nitrogens with zero attached hydrogens (tertiary/aromatic N) is 2. The minimum Gasteiger partial charge on any atom is -0.444 e. The quantitative estimate of drug-likeness (QED) is 0.841. The minimum atomic E-state index is -3.45. The monoisotopic (exact) mass is 337 g/mol. The van der Waals surface area contributed by atoms with E-state index in [1.54, 1.807) is 13.3 Å². The molecule has 0 amide bonds. The molecule has 2 rings (SSSR count). The largest absolute Gasteiger partial charge is 0.444 e. The van der Waals surface area contributed by atoms with Gasteiger partial charge in [-0.25, -0.2) is 9.71 Å². The van der Waals surface area contributed by atoms with Crippen LogP contribution >= 0.6 is 0 Å². The summed E-state index contributed by atoms with van der Waals surface area (Å²) in [5.74, 6) is 0.544. The van der Waals surface area contributed by atoms with Crippen LogP contribution in [0.3, 0.4) is 0 Å². The fraction of sp³-hybridized carbons (Fsp3) is 0.438. The van der Waals surface area contributed by atoms with E-state index in [4.69, 9.17) is 4.42 Å². The third-order valence-corrected chi connectivity index (χ3v) is 5.37. The zero-order valence-corrected chi connectivity index (χ0v) is 14.7. The summed E-state index contributed by atoms with van der Waals surface area (Å²) in [4.78, 5) is 4.39. The summed E-state index contributed by atoms with van der Waals surface area (Å²) >= 11 is 0. The molecule has 1 aromatic heterocycles. The number of hydrogen-bond donors (Lipinski definition) is 1. The number of benzene rings is 1. The summed E-state index contributed by atoms with van der Waals surface area (Å²) in [7, 11) is -1.90. The zero-order valence-electron chi connectivity index (χ0n) is 13.9. The van der Waals surface area contributed by atoms with E-state index in [0.29, 0.717) is 12.3 Å². The van der Waals surface area contributed by atoms with Crippen molar-refractivity contribution in [2.24, 2.45) is 0 Å². The van der Waals surface area contributed by atoms with Gasteiger partial charge in [-0.3, -0.25) is 0 Å². The molecular weight excluding hydrogens is 314 g/mol. The Kier molecular flexibility index (Phi) is 5.56. The Labute approximate surface area is 137 Å². The topological polar surface area (TPSA) is 75.4 Å². The van der Waals surface area contributed by atoms with Gasteiger partial charge in [0.15, 0.2) is 0 Å². The first kappa shape index (κ1) is 17.7. The molecule has 1 aromatic carbocycles. The molecule has 0 aliphatic heterocycles. The Hall–Kier alpha value is -1.70. The van der Waals surface area contributed by atoms with Crippen LogP contribution in [-0.2, 0) is 16.6 Å². The maximum atomic E-state index is 12.0. The van der Waals surface area contributed by atoms with Gasteiger partial charge in [0.1, 0.15) is 6.26 Å². The molecule has 126 valence electrons. The van der Waals surface area contributed by atoms with Crippen molar-refractivity contribution in [3.8, 4) is 11.5 Å². The first-order chi connectivity index (χ1) is 10.8. The average molecular weight is 337 g/mol. The fourth-order valence-corrected chi connectivity index (χ4v) is 3.06. The second-order valence-electron chi connectivity index (χ2n) is 5.77. The second-order valence-corrected chi connectivity index (χ2v) is 7.58. The van der Waals surface area contributed by atoms with Crippen molar-refractivity contribution in [1.29, 1.82) is 0 Å². The van der Waals surface area contributed by atoms with Crippen molar-refractivity contribution in [3.63, 3.8) is 0 Å². The Morgan fingerprint density at radius 2 is 1.91 bits per heavy atom. The van der Waals surface area contributed by atoms with Crippen LogP contribution in [0.5, 0.6) is 0 Å². The number of rotatable bonds is 7. The smallest absolute Gasteiger partial charge is 0.279 e. The molecule has 0 aliphatic carbocycles. The third kappa shape index (κ3) is 4.63. The number of aryl methyl sites for hydroxylation is 1. The van der Waals surface area contributed by atoms with Crippen LogP contribution in [0, 0.1) is 6.92 Å². The Balaban J connectivity index is 1.94. The molecule has 0 saturated carbocycles. The second kappa shape index (κ2) is 7.25. The highest BCUT2D eigenvalue weighted by atomic mass is 32.2. The molecule has 0 saturated heterocycles. The molecule has 0 fully saturated rings. The zero-order chi connectivity index (χ0) is 17.0. The highest BCUT2D eigenvalue weighted by Gasteiger charge is 2.19. The predicted molar refractivity (Wildman–Crippen MR) is 90.2 cm³/mol. The predicted octanol–water partition coefficient (Wildman–Crippen LogP) is 2.37. The first-order valence-corrected chi connectivity index (χ1v) is 8.97. The molecule has 1 heterocycles. The van der Waals surface area contributed by atoms with Gasteiger partial charge in [-0.2, -0.15) is 12.7 Å². The lowest BCUT2D eigenvalue weighted by atomic mass is 10.1. The van der Waals surface area contributed by atoms with Crippen LogP contribution < -0.4 is 4.72 Å². The van der Waals surface area contributed by atoms with Gasteiger partial charge in [0.05, 0.1) is 5.69 Å². The van der Waals surface area contributed by atoms with Gasteiger partial charge in [0, 0.05) is 31.6 Å². The van der Waals surface area contributed by atoms with E-state index in [1.165, 1.54) is 9.87 Å². The number of aromatic nitrogens is 1. The molecule has 0 unspecified atom stereocenters. The summed E-state index contributed by atoms with van der Waals surface area (Å²) in [6, 6.07) is 7.80. The van der Waals surface area contributed by atoms with Crippen LogP contribution in [0.1, 0.15) is 25.1 Å². The molecule has 6 nitrogen and oxygen atoms in total. The molecule has 1 N–H and O–H groups in total. The Bertz CT molecular complexity index is 736. The number of oxazole rings is 1. The third-order valence-electron chi connectivity index (χ3n) is 3.62. The molecule has 0 radical (unpaired) electrons. The van der Waals surface area contributed by atoms with E-state index < -0.39 is 10.2 Å². The van der Waals surface area contributed by atoms with Gasteiger partial charge < -0.3 is 4.42 Å². The van der Waals surface area contributed by atoms with Crippen molar-refractivity contribution in [3.05, 3.63) is 41.8 Å². The van der Waals surface area contributed by atoms with Gasteiger partial charge in [0.25, 0.3) is 10.2 Å². The lowest BCUT2D eigenvalue weighted by molar-refractivity contribution is 0.402. The molecule has 0 atom stereocenters. The highest BCUT2D eigenvalue weighted by molar-refractivity contribution is 7.87. The van der Waals surface area contributed by atoms with E-state index >= 15 is 0 Å². The molecule has 2 aromatic rings. The molecule has 23 heavy (non-hydrogen) atoms. The van der Waals surface area contributed by atoms with Crippen LogP contribution in [-0.4, -0.2) is 37.3 Å². The SMILES string of the molecule is Cc1ccc(-c2nc(CCNS(=O)(=O)N(C)C(C)C)co2)cc1. The van der Waals surface area contributed by atoms with Crippen molar-refractivity contribution in [2.75, 3.05) is 13.6 Å². The summed E-state index contributed by atoms with van der Waals surface area (Å²) in [6.07, 6.45) is 2.04. The fourth-order valence-electron chi connectivity index (χ4n) is 1.94. The molecule has 0 spiro atoms. The van der Waals surface area contributed by atoms with E-state index in [9.17, 15) is 8.42 Å². The summed E-state index contributed by atoms with van der Waals surface area (Å²) in [5, 5.41) is 0. The van der Waals surface area contributed by atoms with Gasteiger partial charge in [0.2, 0.25) is 5.89 Å². The van der Waals surface area contributed by atoms with Gasteiger partial charge in [-0.1, -0.05) is 17.7 Å². The average Bonchev–Trinajstić information content (AvgIpc) is 2.95. The number of nitrogens with one attached hydrogen (secondary N) is 1. The van der Waals surface area contributed by atoms with E-state index in [2.05, 4.69) is 9.71 Å². The minimum absolute atomic E-state index is 0.0901. The van der Waals surface area contributed by atoms with Crippen LogP contribution in [0.4, 0.5) is 0 Å². The first-order valence-electron chi connectivity index (χ1n) is 7.53.